The van der Waals surface area contributed by atoms with Gasteiger partial charge in [-0.25, -0.2) is 8.96 Å². The van der Waals surface area contributed by atoms with Crippen molar-refractivity contribution in [1.82, 2.24) is 0 Å². The van der Waals surface area contributed by atoms with Crippen LogP contribution >= 0.6 is 0 Å². The molecule has 17 heavy (non-hydrogen) atoms. The van der Waals surface area contributed by atoms with Crippen LogP contribution in [0.4, 0.5) is 4.39 Å². The Bertz CT molecular complexity index is 506. The number of rotatable bonds is 2. The summed E-state index contributed by atoms with van der Waals surface area (Å²) in [6.45, 7) is 0. The monoisotopic (exact) mass is 341 g/mol. The Balaban J connectivity index is 0.00000144. The Hall–Kier alpha value is -1.23. The van der Waals surface area contributed by atoms with Gasteiger partial charge >= 0.3 is 0 Å². The number of benzene rings is 1. The van der Waals surface area contributed by atoms with Crippen LogP contribution in [-0.2, 0) is 7.05 Å². The van der Waals surface area contributed by atoms with Crippen molar-refractivity contribution in [2.45, 2.75) is 0 Å². The zero-order valence-electron chi connectivity index (χ0n) is 9.48. The molecule has 0 spiro atoms. The molecule has 0 N–H and O–H groups in total. The van der Waals surface area contributed by atoms with Gasteiger partial charge in [-0.2, -0.15) is 0 Å². The Morgan fingerprint density at radius 1 is 1.00 bits per heavy atom. The van der Waals surface area contributed by atoms with Crippen LogP contribution in [-0.4, -0.2) is 0 Å². The molecule has 0 bridgehead atoms. The maximum Gasteiger partial charge on any atom is 0.204 e. The quantitative estimate of drug-likeness (QED) is 0.527. The molecule has 0 unspecified atom stereocenters. The highest BCUT2D eigenvalue weighted by molar-refractivity contribution is 5.66. The molecule has 88 valence electrons. The van der Waals surface area contributed by atoms with Gasteiger partial charge in [-0.1, -0.05) is 12.1 Å². The van der Waals surface area contributed by atoms with E-state index in [-0.39, 0.29) is 29.8 Å². The third-order valence-electron chi connectivity index (χ3n) is 2.41. The number of halogens is 2. The van der Waals surface area contributed by atoms with E-state index in [4.69, 9.17) is 0 Å². The summed E-state index contributed by atoms with van der Waals surface area (Å²) in [5.41, 5.74) is 2.09. The first-order valence-electron chi connectivity index (χ1n) is 5.14. The van der Waals surface area contributed by atoms with Crippen molar-refractivity contribution in [2.75, 3.05) is 0 Å². The van der Waals surface area contributed by atoms with Gasteiger partial charge in [-0.15, -0.1) is 0 Å². The first-order chi connectivity index (χ1) is 7.75. The van der Waals surface area contributed by atoms with Crippen LogP contribution in [0.15, 0.2) is 48.7 Å². The molecular formula is C14H13FIN. The molecule has 0 atom stereocenters. The minimum Gasteiger partial charge on any atom is -1.00 e. The van der Waals surface area contributed by atoms with E-state index in [9.17, 15) is 4.39 Å². The molecule has 1 aromatic heterocycles. The predicted octanol–water partition coefficient (Wildman–Crippen LogP) is -0.175. The van der Waals surface area contributed by atoms with Crippen LogP contribution < -0.4 is 28.5 Å². The highest BCUT2D eigenvalue weighted by atomic mass is 127. The van der Waals surface area contributed by atoms with Crippen LogP contribution in [0.3, 0.4) is 0 Å². The lowest BCUT2D eigenvalue weighted by Crippen LogP contribution is -3.00. The summed E-state index contributed by atoms with van der Waals surface area (Å²) >= 11 is 0. The van der Waals surface area contributed by atoms with Gasteiger partial charge in [-0.05, 0) is 29.8 Å². The molecule has 0 saturated heterocycles. The highest BCUT2D eigenvalue weighted by Gasteiger charge is 1.98. The van der Waals surface area contributed by atoms with Gasteiger partial charge in [0.25, 0.3) is 0 Å². The molecule has 0 fully saturated rings. The van der Waals surface area contributed by atoms with E-state index in [2.05, 4.69) is 0 Å². The standard InChI is InChI=1S/C14H13FN.HI/c1-16-11-3-2-4-14(16)10-7-12-5-8-13(15)9-6-12;/h2-11H,1H3;1H/q+1;/p-1/b10-7+;. The van der Waals surface area contributed by atoms with Crippen molar-refractivity contribution in [3.63, 3.8) is 0 Å². The molecule has 3 heteroatoms. The van der Waals surface area contributed by atoms with E-state index >= 15 is 0 Å². The van der Waals surface area contributed by atoms with Gasteiger partial charge < -0.3 is 24.0 Å². The number of hydrogen-bond donors (Lipinski definition) is 0. The van der Waals surface area contributed by atoms with Crippen molar-refractivity contribution in [3.8, 4) is 0 Å². The Morgan fingerprint density at radius 3 is 2.35 bits per heavy atom. The number of nitrogens with zero attached hydrogens (tertiary/aromatic N) is 1. The highest BCUT2D eigenvalue weighted by Crippen LogP contribution is 2.06. The Morgan fingerprint density at radius 2 is 1.71 bits per heavy atom. The van der Waals surface area contributed by atoms with Gasteiger partial charge in [0.1, 0.15) is 12.9 Å². The van der Waals surface area contributed by atoms with Crippen molar-refractivity contribution in [3.05, 3.63) is 65.7 Å². The summed E-state index contributed by atoms with van der Waals surface area (Å²) < 4.78 is 14.7. The fourth-order valence-corrected chi connectivity index (χ4v) is 1.47. The lowest BCUT2D eigenvalue weighted by Gasteiger charge is -1.94. The van der Waals surface area contributed by atoms with E-state index in [0.29, 0.717) is 0 Å². The Kier molecular flexibility index (Phi) is 5.28. The van der Waals surface area contributed by atoms with Crippen molar-refractivity contribution in [2.24, 2.45) is 7.05 Å². The largest absolute Gasteiger partial charge is 1.00 e. The second-order valence-corrected chi connectivity index (χ2v) is 3.62. The summed E-state index contributed by atoms with van der Waals surface area (Å²) in [6.07, 6.45) is 5.96. The van der Waals surface area contributed by atoms with Crippen molar-refractivity contribution < 1.29 is 32.9 Å². The van der Waals surface area contributed by atoms with E-state index in [1.165, 1.54) is 12.1 Å². The molecule has 1 aromatic carbocycles. The number of aromatic nitrogens is 1. The maximum atomic E-state index is 12.7. The van der Waals surface area contributed by atoms with E-state index in [0.717, 1.165) is 11.3 Å². The molecule has 0 aliphatic heterocycles. The molecule has 1 heterocycles. The summed E-state index contributed by atoms with van der Waals surface area (Å²) in [4.78, 5) is 0. The lowest BCUT2D eigenvalue weighted by atomic mass is 10.2. The van der Waals surface area contributed by atoms with E-state index in [1.807, 2.05) is 48.2 Å². The van der Waals surface area contributed by atoms with Crippen molar-refractivity contribution >= 4 is 12.2 Å². The second-order valence-electron chi connectivity index (χ2n) is 3.62. The van der Waals surface area contributed by atoms with Gasteiger partial charge in [-0.3, -0.25) is 0 Å². The van der Waals surface area contributed by atoms with Gasteiger partial charge in [0.2, 0.25) is 5.69 Å². The predicted molar refractivity (Wildman–Crippen MR) is 62.9 cm³/mol. The second kappa shape index (κ2) is 6.49. The fraction of sp³-hybridized carbons (Fsp3) is 0.0714. The van der Waals surface area contributed by atoms with Gasteiger partial charge in [0.05, 0.1) is 0 Å². The van der Waals surface area contributed by atoms with E-state index < -0.39 is 0 Å². The smallest absolute Gasteiger partial charge is 0.204 e. The number of aryl methyl sites for hydroxylation is 1. The molecule has 2 rings (SSSR count). The lowest BCUT2D eigenvalue weighted by molar-refractivity contribution is -0.673. The molecule has 0 saturated carbocycles. The Labute approximate surface area is 118 Å². The molecule has 0 aliphatic rings. The minimum atomic E-state index is -0.206. The molecule has 0 amide bonds. The first kappa shape index (κ1) is 13.8. The summed E-state index contributed by atoms with van der Waals surface area (Å²) in [5.74, 6) is -0.206. The zero-order chi connectivity index (χ0) is 11.4. The molecule has 0 aliphatic carbocycles. The van der Waals surface area contributed by atoms with Gasteiger partial charge in [0.15, 0.2) is 6.20 Å². The topological polar surface area (TPSA) is 3.88 Å². The minimum absolute atomic E-state index is 0. The average Bonchev–Trinajstić information content (AvgIpc) is 2.30. The van der Waals surface area contributed by atoms with Crippen molar-refractivity contribution in [1.29, 1.82) is 0 Å². The SMILES string of the molecule is C[n+]1ccccc1/C=C/c1ccc(F)cc1.[I-]. The summed E-state index contributed by atoms with van der Waals surface area (Å²) in [7, 11) is 1.99. The number of pyridine rings is 1. The van der Waals surface area contributed by atoms with Crippen LogP contribution in [0.1, 0.15) is 11.3 Å². The average molecular weight is 341 g/mol. The molecule has 0 radical (unpaired) electrons. The normalized spacial score (nSPS) is 10.2. The molecule has 1 nitrogen and oxygen atoms in total. The zero-order valence-corrected chi connectivity index (χ0v) is 11.6. The molecule has 2 aromatic rings. The third kappa shape index (κ3) is 3.93. The first-order valence-corrected chi connectivity index (χ1v) is 5.14. The van der Waals surface area contributed by atoms with Crippen LogP contribution in [0.5, 0.6) is 0 Å². The van der Waals surface area contributed by atoms with E-state index in [1.54, 1.807) is 12.1 Å². The van der Waals surface area contributed by atoms with Crippen LogP contribution in [0.2, 0.25) is 0 Å². The van der Waals surface area contributed by atoms with Gasteiger partial charge in [0, 0.05) is 18.2 Å². The molecular weight excluding hydrogens is 328 g/mol. The van der Waals surface area contributed by atoms with Crippen LogP contribution in [0.25, 0.3) is 12.2 Å². The summed E-state index contributed by atoms with van der Waals surface area (Å²) in [6, 6.07) is 12.4. The number of hydrogen-bond acceptors (Lipinski definition) is 0. The third-order valence-corrected chi connectivity index (χ3v) is 2.41. The summed E-state index contributed by atoms with van der Waals surface area (Å²) in [5, 5.41) is 0. The van der Waals surface area contributed by atoms with Crippen LogP contribution in [0, 0.1) is 5.82 Å². The fourth-order valence-electron chi connectivity index (χ4n) is 1.47. The maximum absolute atomic E-state index is 12.7.